The Morgan fingerprint density at radius 1 is 1.14 bits per heavy atom. The number of thioether (sulfide) groups is 1. The van der Waals surface area contributed by atoms with Gasteiger partial charge in [-0.15, -0.1) is 21.5 Å². The van der Waals surface area contributed by atoms with E-state index in [4.69, 9.17) is 4.42 Å². The lowest BCUT2D eigenvalue weighted by Crippen LogP contribution is -1.93. The predicted molar refractivity (Wildman–Crippen MR) is 87.8 cm³/mol. The van der Waals surface area contributed by atoms with Crippen molar-refractivity contribution in [3.8, 4) is 10.8 Å². The van der Waals surface area contributed by atoms with Crippen LogP contribution in [0.1, 0.15) is 22.3 Å². The highest BCUT2D eigenvalue weighted by atomic mass is 32.2. The first-order valence-electron chi connectivity index (χ1n) is 6.70. The average molecular weight is 316 g/mol. The molecule has 0 spiro atoms. The lowest BCUT2D eigenvalue weighted by atomic mass is 10.0. The van der Waals surface area contributed by atoms with Crippen molar-refractivity contribution in [1.29, 1.82) is 0 Å². The van der Waals surface area contributed by atoms with E-state index in [1.54, 1.807) is 23.1 Å². The minimum atomic E-state index is 0.602. The van der Waals surface area contributed by atoms with Crippen LogP contribution >= 0.6 is 23.1 Å². The summed E-state index contributed by atoms with van der Waals surface area (Å²) in [7, 11) is 0. The number of thiophene rings is 1. The number of hydrogen-bond donors (Lipinski definition) is 0. The van der Waals surface area contributed by atoms with Crippen LogP contribution in [0.4, 0.5) is 0 Å². The van der Waals surface area contributed by atoms with Gasteiger partial charge < -0.3 is 4.42 Å². The van der Waals surface area contributed by atoms with Gasteiger partial charge in [0.15, 0.2) is 0 Å². The van der Waals surface area contributed by atoms with E-state index < -0.39 is 0 Å². The Bertz CT molecular complexity index is 724. The zero-order valence-electron chi connectivity index (χ0n) is 12.2. The number of rotatable bonds is 4. The summed E-state index contributed by atoms with van der Waals surface area (Å²) >= 11 is 3.19. The van der Waals surface area contributed by atoms with Crippen molar-refractivity contribution in [2.24, 2.45) is 0 Å². The summed E-state index contributed by atoms with van der Waals surface area (Å²) in [5.41, 5.74) is 5.29. The van der Waals surface area contributed by atoms with Crippen LogP contribution in [0.5, 0.6) is 0 Å². The Morgan fingerprint density at radius 3 is 2.57 bits per heavy atom. The minimum absolute atomic E-state index is 0.602. The normalized spacial score (nSPS) is 11.0. The number of nitrogens with zero attached hydrogens (tertiary/aromatic N) is 2. The minimum Gasteiger partial charge on any atom is -0.410 e. The smallest absolute Gasteiger partial charge is 0.277 e. The van der Waals surface area contributed by atoms with E-state index in [0.717, 1.165) is 10.6 Å². The van der Waals surface area contributed by atoms with Gasteiger partial charge in [-0.25, -0.2) is 0 Å². The van der Waals surface area contributed by atoms with Crippen molar-refractivity contribution < 1.29 is 4.42 Å². The summed E-state index contributed by atoms with van der Waals surface area (Å²) in [4.78, 5) is 1.01. The largest absolute Gasteiger partial charge is 0.410 e. The molecular formula is C16H16N2OS2. The zero-order valence-corrected chi connectivity index (χ0v) is 13.8. The highest BCUT2D eigenvalue weighted by molar-refractivity contribution is 7.98. The van der Waals surface area contributed by atoms with Crippen molar-refractivity contribution in [3.63, 3.8) is 0 Å². The van der Waals surface area contributed by atoms with E-state index in [0.29, 0.717) is 11.1 Å². The lowest BCUT2D eigenvalue weighted by molar-refractivity contribution is 0.466. The Kier molecular flexibility index (Phi) is 4.12. The second kappa shape index (κ2) is 6.03. The molecule has 3 nitrogen and oxygen atoms in total. The van der Waals surface area contributed by atoms with E-state index in [2.05, 4.69) is 43.1 Å². The first-order chi connectivity index (χ1) is 10.1. The topological polar surface area (TPSA) is 38.9 Å². The highest BCUT2D eigenvalue weighted by Crippen LogP contribution is 2.29. The fraction of sp³-hybridized carbons (Fsp3) is 0.250. The molecule has 3 rings (SSSR count). The Labute approximate surface area is 132 Å². The molecule has 2 heterocycles. The van der Waals surface area contributed by atoms with Crippen LogP contribution in [0.25, 0.3) is 10.8 Å². The maximum absolute atomic E-state index is 5.70. The van der Waals surface area contributed by atoms with Gasteiger partial charge in [0.2, 0.25) is 0 Å². The standard InChI is InChI=1S/C16H16N2OS2/c1-10-7-11(2)13(12(3)8-10)9-21-16-18-17-15(19-16)14-5-4-6-20-14/h4-8H,9H2,1-3H3. The molecule has 0 aliphatic rings. The number of benzene rings is 1. The van der Waals surface area contributed by atoms with Gasteiger partial charge in [-0.1, -0.05) is 35.5 Å². The van der Waals surface area contributed by atoms with Crippen LogP contribution in [-0.4, -0.2) is 10.2 Å². The molecule has 0 radical (unpaired) electrons. The lowest BCUT2D eigenvalue weighted by Gasteiger charge is -2.09. The molecule has 0 fully saturated rings. The Balaban J connectivity index is 1.74. The first-order valence-corrected chi connectivity index (χ1v) is 8.57. The zero-order chi connectivity index (χ0) is 14.8. The summed E-state index contributed by atoms with van der Waals surface area (Å²) in [5.74, 6) is 1.45. The second-order valence-electron chi connectivity index (χ2n) is 5.02. The molecule has 0 aliphatic carbocycles. The van der Waals surface area contributed by atoms with Gasteiger partial charge in [-0.05, 0) is 48.9 Å². The Morgan fingerprint density at radius 2 is 1.90 bits per heavy atom. The first kappa shape index (κ1) is 14.4. The molecule has 2 aromatic heterocycles. The van der Waals surface area contributed by atoms with Crippen LogP contribution in [-0.2, 0) is 5.75 Å². The van der Waals surface area contributed by atoms with Crippen molar-refractivity contribution in [1.82, 2.24) is 10.2 Å². The van der Waals surface area contributed by atoms with Gasteiger partial charge >= 0.3 is 0 Å². The quantitative estimate of drug-likeness (QED) is 0.634. The van der Waals surface area contributed by atoms with Gasteiger partial charge in [0.1, 0.15) is 0 Å². The van der Waals surface area contributed by atoms with Crippen LogP contribution < -0.4 is 0 Å². The van der Waals surface area contributed by atoms with Gasteiger partial charge in [0, 0.05) is 5.75 Å². The van der Waals surface area contributed by atoms with Gasteiger partial charge in [0.25, 0.3) is 11.1 Å². The molecule has 1 aromatic carbocycles. The molecule has 0 saturated carbocycles. The molecular weight excluding hydrogens is 300 g/mol. The van der Waals surface area contributed by atoms with Crippen LogP contribution in [0.15, 0.2) is 39.3 Å². The maximum Gasteiger partial charge on any atom is 0.277 e. The van der Waals surface area contributed by atoms with E-state index in [1.165, 1.54) is 22.3 Å². The molecule has 0 atom stereocenters. The second-order valence-corrected chi connectivity index (χ2v) is 6.89. The summed E-state index contributed by atoms with van der Waals surface area (Å²) in [6.45, 7) is 6.43. The number of hydrogen-bond acceptors (Lipinski definition) is 5. The van der Waals surface area contributed by atoms with Crippen LogP contribution in [0, 0.1) is 20.8 Å². The molecule has 21 heavy (non-hydrogen) atoms. The third-order valence-electron chi connectivity index (χ3n) is 3.32. The third-order valence-corrected chi connectivity index (χ3v) is 5.02. The highest BCUT2D eigenvalue weighted by Gasteiger charge is 2.11. The molecule has 3 aromatic rings. The molecule has 0 N–H and O–H groups in total. The van der Waals surface area contributed by atoms with E-state index in [9.17, 15) is 0 Å². The van der Waals surface area contributed by atoms with Crippen molar-refractivity contribution in [2.45, 2.75) is 31.7 Å². The molecule has 5 heteroatoms. The molecule has 0 amide bonds. The maximum atomic E-state index is 5.70. The summed E-state index contributed by atoms with van der Waals surface area (Å²) < 4.78 is 5.70. The predicted octanol–water partition coefficient (Wildman–Crippen LogP) is 5.02. The van der Waals surface area contributed by atoms with E-state index in [-0.39, 0.29) is 0 Å². The monoisotopic (exact) mass is 316 g/mol. The molecule has 0 aliphatic heterocycles. The summed E-state index contributed by atoms with van der Waals surface area (Å²) in [5, 5.41) is 10.8. The third kappa shape index (κ3) is 3.19. The van der Waals surface area contributed by atoms with Crippen molar-refractivity contribution >= 4 is 23.1 Å². The summed E-state index contributed by atoms with van der Waals surface area (Å²) in [6.07, 6.45) is 0. The number of aromatic nitrogens is 2. The van der Waals surface area contributed by atoms with E-state index in [1.807, 2.05) is 17.5 Å². The summed E-state index contributed by atoms with van der Waals surface area (Å²) in [6, 6.07) is 8.40. The van der Waals surface area contributed by atoms with Crippen molar-refractivity contribution in [3.05, 3.63) is 51.9 Å². The average Bonchev–Trinajstić information content (AvgIpc) is 3.08. The SMILES string of the molecule is Cc1cc(C)c(CSc2nnc(-c3cccs3)o2)c(C)c1. The van der Waals surface area contributed by atoms with Gasteiger partial charge in [-0.3, -0.25) is 0 Å². The van der Waals surface area contributed by atoms with E-state index >= 15 is 0 Å². The fourth-order valence-electron chi connectivity index (χ4n) is 2.34. The molecule has 0 saturated heterocycles. The van der Waals surface area contributed by atoms with Crippen LogP contribution in [0.2, 0.25) is 0 Å². The van der Waals surface area contributed by atoms with Gasteiger partial charge in [-0.2, -0.15) is 0 Å². The van der Waals surface area contributed by atoms with Crippen molar-refractivity contribution in [2.75, 3.05) is 0 Å². The Hall–Kier alpha value is -1.59. The molecule has 0 bridgehead atoms. The molecule has 108 valence electrons. The fourth-order valence-corrected chi connectivity index (χ4v) is 3.94. The van der Waals surface area contributed by atoms with Gasteiger partial charge in [0.05, 0.1) is 4.88 Å². The number of aryl methyl sites for hydroxylation is 3. The molecule has 0 unspecified atom stereocenters. The van der Waals surface area contributed by atoms with Crippen LogP contribution in [0.3, 0.4) is 0 Å².